The SMILES string of the molecule is CNC1CC1c1ccccc1OCC(C)C. The standard InChI is InChI=1S/C14H21NO/c1-10(2)9-16-14-7-5-4-6-11(14)12-8-13(12)15-3/h4-7,10,12-13,15H,8-9H2,1-3H3. The number of ether oxygens (including phenoxy) is 1. The topological polar surface area (TPSA) is 21.3 Å². The Labute approximate surface area is 98.0 Å². The molecule has 0 aliphatic heterocycles. The quantitative estimate of drug-likeness (QED) is 0.822. The zero-order valence-corrected chi connectivity index (χ0v) is 10.4. The molecule has 1 aliphatic rings. The van der Waals surface area contributed by atoms with Gasteiger partial charge in [-0.3, -0.25) is 0 Å². The van der Waals surface area contributed by atoms with Gasteiger partial charge >= 0.3 is 0 Å². The number of likely N-dealkylation sites (N-methyl/N-ethyl adjacent to an activating group) is 1. The molecule has 2 rings (SSSR count). The van der Waals surface area contributed by atoms with E-state index in [-0.39, 0.29) is 0 Å². The van der Waals surface area contributed by atoms with Crippen molar-refractivity contribution in [2.45, 2.75) is 32.2 Å². The number of benzene rings is 1. The van der Waals surface area contributed by atoms with Crippen molar-refractivity contribution in [3.63, 3.8) is 0 Å². The molecule has 2 heteroatoms. The molecule has 1 aliphatic carbocycles. The van der Waals surface area contributed by atoms with Crippen LogP contribution in [0.1, 0.15) is 31.7 Å². The van der Waals surface area contributed by atoms with Crippen molar-refractivity contribution in [2.24, 2.45) is 5.92 Å². The molecule has 1 N–H and O–H groups in total. The molecule has 2 unspecified atom stereocenters. The lowest BCUT2D eigenvalue weighted by Crippen LogP contribution is -2.11. The van der Waals surface area contributed by atoms with Crippen LogP contribution < -0.4 is 10.1 Å². The van der Waals surface area contributed by atoms with Crippen molar-refractivity contribution in [3.05, 3.63) is 29.8 Å². The summed E-state index contributed by atoms with van der Waals surface area (Å²) in [6.45, 7) is 5.15. The Bertz CT molecular complexity index is 348. The van der Waals surface area contributed by atoms with Crippen molar-refractivity contribution in [1.82, 2.24) is 5.32 Å². The Balaban J connectivity index is 2.06. The molecule has 1 aromatic rings. The number of hydrogen-bond acceptors (Lipinski definition) is 2. The molecule has 1 saturated carbocycles. The Hall–Kier alpha value is -1.02. The highest BCUT2D eigenvalue weighted by Gasteiger charge is 2.38. The highest BCUT2D eigenvalue weighted by molar-refractivity contribution is 5.40. The van der Waals surface area contributed by atoms with E-state index in [0.29, 0.717) is 17.9 Å². The van der Waals surface area contributed by atoms with E-state index in [1.54, 1.807) is 0 Å². The molecule has 0 radical (unpaired) electrons. The Kier molecular flexibility index (Phi) is 3.49. The van der Waals surface area contributed by atoms with Crippen LogP contribution in [0.2, 0.25) is 0 Å². The van der Waals surface area contributed by atoms with Crippen LogP contribution in [0.25, 0.3) is 0 Å². The third kappa shape index (κ3) is 2.56. The normalized spacial score (nSPS) is 23.5. The zero-order valence-electron chi connectivity index (χ0n) is 10.4. The Morgan fingerprint density at radius 3 is 2.75 bits per heavy atom. The van der Waals surface area contributed by atoms with Gasteiger partial charge in [-0.15, -0.1) is 0 Å². The lowest BCUT2D eigenvalue weighted by Gasteiger charge is -2.12. The van der Waals surface area contributed by atoms with Crippen LogP contribution in [-0.2, 0) is 0 Å². The average Bonchev–Trinajstić information content (AvgIpc) is 3.06. The first-order chi connectivity index (χ1) is 7.72. The van der Waals surface area contributed by atoms with Crippen molar-refractivity contribution >= 4 is 0 Å². The molecule has 16 heavy (non-hydrogen) atoms. The van der Waals surface area contributed by atoms with Crippen molar-refractivity contribution in [2.75, 3.05) is 13.7 Å². The fourth-order valence-corrected chi connectivity index (χ4v) is 2.03. The molecule has 0 spiro atoms. The zero-order chi connectivity index (χ0) is 11.5. The van der Waals surface area contributed by atoms with Crippen LogP contribution in [0.3, 0.4) is 0 Å². The van der Waals surface area contributed by atoms with Crippen LogP contribution in [0, 0.1) is 5.92 Å². The number of hydrogen-bond donors (Lipinski definition) is 1. The summed E-state index contributed by atoms with van der Waals surface area (Å²) in [7, 11) is 2.03. The predicted octanol–water partition coefficient (Wildman–Crippen LogP) is 2.80. The summed E-state index contributed by atoms with van der Waals surface area (Å²) in [5.41, 5.74) is 1.36. The molecular weight excluding hydrogens is 198 g/mol. The van der Waals surface area contributed by atoms with Gasteiger partial charge in [0, 0.05) is 12.0 Å². The highest BCUT2D eigenvalue weighted by Crippen LogP contribution is 2.44. The van der Waals surface area contributed by atoms with Gasteiger partial charge in [0.25, 0.3) is 0 Å². The summed E-state index contributed by atoms with van der Waals surface area (Å²) in [4.78, 5) is 0. The second-order valence-electron chi connectivity index (χ2n) is 4.98. The lowest BCUT2D eigenvalue weighted by molar-refractivity contribution is 0.268. The van der Waals surface area contributed by atoms with Gasteiger partial charge in [-0.05, 0) is 31.0 Å². The van der Waals surface area contributed by atoms with Gasteiger partial charge in [-0.1, -0.05) is 32.0 Å². The highest BCUT2D eigenvalue weighted by atomic mass is 16.5. The molecule has 1 fully saturated rings. The van der Waals surface area contributed by atoms with Crippen molar-refractivity contribution in [3.8, 4) is 5.75 Å². The van der Waals surface area contributed by atoms with Crippen LogP contribution in [0.15, 0.2) is 24.3 Å². The van der Waals surface area contributed by atoms with Gasteiger partial charge in [0.05, 0.1) is 6.61 Å². The summed E-state index contributed by atoms with van der Waals surface area (Å²) in [5.74, 6) is 2.29. The molecule has 0 aromatic heterocycles. The number of para-hydroxylation sites is 1. The first-order valence-electron chi connectivity index (χ1n) is 6.11. The van der Waals surface area contributed by atoms with E-state index in [9.17, 15) is 0 Å². The summed E-state index contributed by atoms with van der Waals surface area (Å²) < 4.78 is 5.86. The molecule has 0 saturated heterocycles. The Morgan fingerprint density at radius 2 is 2.12 bits per heavy atom. The minimum absolute atomic E-state index is 0.576. The van der Waals surface area contributed by atoms with E-state index in [1.807, 2.05) is 7.05 Å². The van der Waals surface area contributed by atoms with E-state index in [2.05, 4.69) is 43.4 Å². The van der Waals surface area contributed by atoms with E-state index in [1.165, 1.54) is 12.0 Å². The van der Waals surface area contributed by atoms with Gasteiger partial charge in [0.2, 0.25) is 0 Å². The van der Waals surface area contributed by atoms with Gasteiger partial charge < -0.3 is 10.1 Å². The smallest absolute Gasteiger partial charge is 0.122 e. The van der Waals surface area contributed by atoms with E-state index < -0.39 is 0 Å². The monoisotopic (exact) mass is 219 g/mol. The number of nitrogens with one attached hydrogen (secondary N) is 1. The van der Waals surface area contributed by atoms with Gasteiger partial charge in [0.1, 0.15) is 5.75 Å². The first-order valence-corrected chi connectivity index (χ1v) is 6.11. The molecule has 1 aromatic carbocycles. The minimum atomic E-state index is 0.576. The fraction of sp³-hybridized carbons (Fsp3) is 0.571. The molecular formula is C14H21NO. The molecule has 0 bridgehead atoms. The van der Waals surface area contributed by atoms with E-state index in [4.69, 9.17) is 4.74 Å². The van der Waals surface area contributed by atoms with E-state index >= 15 is 0 Å². The molecule has 2 atom stereocenters. The van der Waals surface area contributed by atoms with Crippen LogP contribution in [0.5, 0.6) is 5.75 Å². The van der Waals surface area contributed by atoms with Crippen LogP contribution in [0.4, 0.5) is 0 Å². The van der Waals surface area contributed by atoms with Gasteiger partial charge in [-0.2, -0.15) is 0 Å². The van der Waals surface area contributed by atoms with E-state index in [0.717, 1.165) is 12.4 Å². The maximum absolute atomic E-state index is 5.86. The second kappa shape index (κ2) is 4.88. The number of rotatable bonds is 5. The second-order valence-corrected chi connectivity index (χ2v) is 4.98. The molecule has 88 valence electrons. The molecule has 0 amide bonds. The van der Waals surface area contributed by atoms with Gasteiger partial charge in [0.15, 0.2) is 0 Å². The van der Waals surface area contributed by atoms with Crippen molar-refractivity contribution in [1.29, 1.82) is 0 Å². The first kappa shape index (κ1) is 11.5. The van der Waals surface area contributed by atoms with Crippen LogP contribution >= 0.6 is 0 Å². The summed E-state index contributed by atoms with van der Waals surface area (Å²) >= 11 is 0. The minimum Gasteiger partial charge on any atom is -0.493 e. The average molecular weight is 219 g/mol. The largest absolute Gasteiger partial charge is 0.493 e. The van der Waals surface area contributed by atoms with Crippen LogP contribution in [-0.4, -0.2) is 19.7 Å². The maximum Gasteiger partial charge on any atom is 0.122 e. The molecule has 0 heterocycles. The maximum atomic E-state index is 5.86. The fourth-order valence-electron chi connectivity index (χ4n) is 2.03. The van der Waals surface area contributed by atoms with Gasteiger partial charge in [-0.25, -0.2) is 0 Å². The summed E-state index contributed by atoms with van der Waals surface area (Å²) in [6.07, 6.45) is 1.23. The third-order valence-electron chi connectivity index (χ3n) is 3.05. The Morgan fingerprint density at radius 1 is 1.38 bits per heavy atom. The lowest BCUT2D eigenvalue weighted by atomic mass is 10.1. The third-order valence-corrected chi connectivity index (χ3v) is 3.05. The summed E-state index contributed by atoms with van der Waals surface area (Å²) in [5, 5.41) is 3.32. The molecule has 2 nitrogen and oxygen atoms in total. The van der Waals surface area contributed by atoms with Crippen molar-refractivity contribution < 1.29 is 4.74 Å². The predicted molar refractivity (Wildman–Crippen MR) is 67.0 cm³/mol. The summed E-state index contributed by atoms with van der Waals surface area (Å²) in [6, 6.07) is 9.07.